The number of H-pyrrole nitrogens is 1. The fourth-order valence-electron chi connectivity index (χ4n) is 3.94. The highest BCUT2D eigenvalue weighted by Crippen LogP contribution is 2.32. The molecule has 0 aliphatic heterocycles. The number of alkyl halides is 3. The molecule has 0 aromatic carbocycles. The van der Waals surface area contributed by atoms with Gasteiger partial charge in [-0.3, -0.25) is 0 Å². The summed E-state index contributed by atoms with van der Waals surface area (Å²) in [6.07, 6.45) is -1.43. The lowest BCUT2D eigenvalue weighted by atomic mass is 9.91. The van der Waals surface area contributed by atoms with Crippen LogP contribution in [0.1, 0.15) is 44.1 Å². The van der Waals surface area contributed by atoms with E-state index in [0.717, 1.165) is 41.7 Å². The van der Waals surface area contributed by atoms with Crippen LogP contribution in [-0.2, 0) is 23.8 Å². The van der Waals surface area contributed by atoms with Gasteiger partial charge in [-0.15, -0.1) is 0 Å². The van der Waals surface area contributed by atoms with E-state index in [1.807, 2.05) is 26.8 Å². The summed E-state index contributed by atoms with van der Waals surface area (Å²) >= 11 is 0. The number of rotatable bonds is 3. The van der Waals surface area contributed by atoms with Gasteiger partial charge in [-0.1, -0.05) is 0 Å². The highest BCUT2D eigenvalue weighted by Gasteiger charge is 2.32. The standard InChI is InChI=1S/C23H26F3N5O2/c1-22(2,3)33-21(32)31(4)14-6-8-17-16(11-14)15-7-10-19(30-20(15)29-17)28-13-5-9-18(27-12-13)23(24,25)26/h5,7,9-10,12,14H,6,8,11H2,1-4H3,(H2,28,29,30). The zero-order chi connectivity index (χ0) is 24.0. The van der Waals surface area contributed by atoms with Gasteiger partial charge in [0.25, 0.3) is 0 Å². The molecule has 1 amide bonds. The smallest absolute Gasteiger partial charge is 0.433 e. The first-order chi connectivity index (χ1) is 15.4. The first-order valence-electron chi connectivity index (χ1n) is 10.7. The van der Waals surface area contributed by atoms with E-state index in [9.17, 15) is 18.0 Å². The monoisotopic (exact) mass is 461 g/mol. The molecule has 3 heterocycles. The van der Waals surface area contributed by atoms with Crippen molar-refractivity contribution < 1.29 is 22.7 Å². The van der Waals surface area contributed by atoms with E-state index in [-0.39, 0.29) is 12.1 Å². The number of amides is 1. The van der Waals surface area contributed by atoms with Gasteiger partial charge in [-0.2, -0.15) is 13.2 Å². The second-order valence-corrected chi connectivity index (χ2v) is 9.22. The number of likely N-dealkylation sites (N-methyl/N-ethyl adjacent to an activating group) is 1. The minimum Gasteiger partial charge on any atom is -0.444 e. The molecule has 3 aromatic rings. The third-order valence-corrected chi connectivity index (χ3v) is 5.58. The molecule has 0 saturated heterocycles. The van der Waals surface area contributed by atoms with Crippen molar-refractivity contribution in [2.45, 2.75) is 57.9 Å². The third-order valence-electron chi connectivity index (χ3n) is 5.58. The minimum atomic E-state index is -4.48. The van der Waals surface area contributed by atoms with Gasteiger partial charge in [0.05, 0.1) is 11.9 Å². The Morgan fingerprint density at radius 3 is 2.61 bits per heavy atom. The molecule has 1 aliphatic rings. The molecule has 0 fully saturated rings. The van der Waals surface area contributed by atoms with E-state index in [2.05, 4.69) is 20.3 Å². The predicted molar refractivity (Wildman–Crippen MR) is 118 cm³/mol. The molecule has 0 bridgehead atoms. The van der Waals surface area contributed by atoms with Gasteiger partial charge >= 0.3 is 12.3 Å². The molecule has 0 radical (unpaired) electrons. The maximum absolute atomic E-state index is 12.7. The number of aromatic nitrogens is 3. The molecular formula is C23H26F3N5O2. The van der Waals surface area contributed by atoms with Gasteiger partial charge in [0.2, 0.25) is 0 Å². The molecule has 176 valence electrons. The van der Waals surface area contributed by atoms with Crippen LogP contribution in [0.3, 0.4) is 0 Å². The quantitative estimate of drug-likeness (QED) is 0.542. The number of hydrogen-bond acceptors (Lipinski definition) is 5. The van der Waals surface area contributed by atoms with E-state index in [1.165, 1.54) is 6.07 Å². The van der Waals surface area contributed by atoms with Crippen molar-refractivity contribution in [2.24, 2.45) is 0 Å². The van der Waals surface area contributed by atoms with Gasteiger partial charge in [-0.25, -0.2) is 14.8 Å². The Labute approximate surface area is 189 Å². The SMILES string of the molecule is CN(C(=O)OC(C)(C)C)C1CCc2[nH]c3nc(Nc4ccc(C(F)(F)F)nc4)ccc3c2C1. The second kappa shape index (κ2) is 8.24. The highest BCUT2D eigenvalue weighted by molar-refractivity contribution is 5.84. The van der Waals surface area contributed by atoms with Crippen molar-refractivity contribution in [3.8, 4) is 0 Å². The fourth-order valence-corrected chi connectivity index (χ4v) is 3.94. The minimum absolute atomic E-state index is 0.0161. The lowest BCUT2D eigenvalue weighted by molar-refractivity contribution is -0.141. The summed E-state index contributed by atoms with van der Waals surface area (Å²) in [6, 6.07) is 5.96. The number of pyridine rings is 2. The number of ether oxygens (including phenoxy) is 1. The van der Waals surface area contributed by atoms with Crippen molar-refractivity contribution in [3.05, 3.63) is 47.4 Å². The van der Waals surface area contributed by atoms with Crippen molar-refractivity contribution >= 4 is 28.6 Å². The number of fused-ring (bicyclic) bond motifs is 3. The van der Waals surface area contributed by atoms with Gasteiger partial charge in [0.1, 0.15) is 22.8 Å². The molecule has 7 nitrogen and oxygen atoms in total. The Morgan fingerprint density at radius 1 is 1.21 bits per heavy atom. The number of halogens is 3. The van der Waals surface area contributed by atoms with Crippen LogP contribution in [0.2, 0.25) is 0 Å². The molecule has 0 spiro atoms. The number of nitrogens with zero attached hydrogens (tertiary/aromatic N) is 3. The van der Waals surface area contributed by atoms with Crippen LogP contribution < -0.4 is 5.32 Å². The Hall–Kier alpha value is -3.30. The van der Waals surface area contributed by atoms with Gasteiger partial charge < -0.3 is 19.9 Å². The zero-order valence-corrected chi connectivity index (χ0v) is 18.9. The predicted octanol–water partition coefficient (Wildman–Crippen LogP) is 5.44. The number of carbonyl (C=O) groups excluding carboxylic acids is 1. The zero-order valence-electron chi connectivity index (χ0n) is 18.9. The summed E-state index contributed by atoms with van der Waals surface area (Å²) in [6.45, 7) is 5.53. The van der Waals surface area contributed by atoms with Crippen molar-refractivity contribution in [1.82, 2.24) is 19.9 Å². The molecule has 4 rings (SSSR count). The summed E-state index contributed by atoms with van der Waals surface area (Å²) in [4.78, 5) is 25.5. The van der Waals surface area contributed by atoms with E-state index in [4.69, 9.17) is 4.74 Å². The Kier molecular flexibility index (Phi) is 5.71. The van der Waals surface area contributed by atoms with Crippen molar-refractivity contribution in [1.29, 1.82) is 0 Å². The first kappa shape index (κ1) is 22.9. The number of nitrogens with one attached hydrogen (secondary N) is 2. The molecule has 1 unspecified atom stereocenters. The first-order valence-corrected chi connectivity index (χ1v) is 10.7. The lowest BCUT2D eigenvalue weighted by Gasteiger charge is -2.33. The average Bonchev–Trinajstić information content (AvgIpc) is 3.08. The number of hydrogen-bond donors (Lipinski definition) is 2. The van der Waals surface area contributed by atoms with Gasteiger partial charge in [-0.05, 0) is 69.9 Å². The van der Waals surface area contributed by atoms with Crippen LogP contribution in [-0.4, -0.2) is 44.6 Å². The van der Waals surface area contributed by atoms with Crippen molar-refractivity contribution in [3.63, 3.8) is 0 Å². The molecule has 1 aliphatic carbocycles. The number of aryl methyl sites for hydroxylation is 1. The number of anilines is 2. The van der Waals surface area contributed by atoms with Crippen LogP contribution >= 0.6 is 0 Å². The summed E-state index contributed by atoms with van der Waals surface area (Å²) in [5.41, 5.74) is 1.80. The van der Waals surface area contributed by atoms with Crippen LogP contribution in [0.15, 0.2) is 30.5 Å². The summed E-state index contributed by atoms with van der Waals surface area (Å²) in [5, 5.41) is 3.95. The molecular weight excluding hydrogens is 435 g/mol. The average molecular weight is 461 g/mol. The summed E-state index contributed by atoms with van der Waals surface area (Å²) in [7, 11) is 1.76. The largest absolute Gasteiger partial charge is 0.444 e. The molecule has 10 heteroatoms. The second-order valence-electron chi connectivity index (χ2n) is 9.22. The third kappa shape index (κ3) is 5.04. The maximum atomic E-state index is 12.7. The molecule has 33 heavy (non-hydrogen) atoms. The Morgan fingerprint density at radius 2 is 1.97 bits per heavy atom. The van der Waals surface area contributed by atoms with E-state index in [1.54, 1.807) is 18.0 Å². The van der Waals surface area contributed by atoms with Crippen LogP contribution in [0.4, 0.5) is 29.5 Å². The van der Waals surface area contributed by atoms with E-state index in [0.29, 0.717) is 23.6 Å². The number of aromatic amines is 1. The Balaban J connectivity index is 1.50. The topological polar surface area (TPSA) is 83.1 Å². The molecule has 1 atom stereocenters. The highest BCUT2D eigenvalue weighted by atomic mass is 19.4. The normalized spacial score (nSPS) is 16.4. The molecule has 2 N–H and O–H groups in total. The lowest BCUT2D eigenvalue weighted by Crippen LogP contribution is -2.43. The molecule has 0 saturated carbocycles. The van der Waals surface area contributed by atoms with Crippen molar-refractivity contribution in [2.75, 3.05) is 12.4 Å². The van der Waals surface area contributed by atoms with E-state index >= 15 is 0 Å². The van der Waals surface area contributed by atoms with Crippen LogP contribution in [0.25, 0.3) is 11.0 Å². The van der Waals surface area contributed by atoms with Gasteiger partial charge in [0, 0.05) is 24.2 Å². The van der Waals surface area contributed by atoms with Crippen LogP contribution in [0, 0.1) is 0 Å². The molecule has 3 aromatic heterocycles. The van der Waals surface area contributed by atoms with Crippen LogP contribution in [0.5, 0.6) is 0 Å². The fraction of sp³-hybridized carbons (Fsp3) is 0.435. The summed E-state index contributed by atoms with van der Waals surface area (Å²) in [5.74, 6) is 0.491. The Bertz CT molecular complexity index is 1170. The summed E-state index contributed by atoms with van der Waals surface area (Å²) < 4.78 is 43.6. The van der Waals surface area contributed by atoms with E-state index < -0.39 is 17.5 Å². The number of carbonyl (C=O) groups is 1. The van der Waals surface area contributed by atoms with Gasteiger partial charge in [0.15, 0.2) is 0 Å². The maximum Gasteiger partial charge on any atom is 0.433 e.